The number of hydrogen-bond acceptors (Lipinski definition) is 2. The zero-order valence-electron chi connectivity index (χ0n) is 9.54. The number of hydrogen-bond donors (Lipinski definition) is 2. The summed E-state index contributed by atoms with van der Waals surface area (Å²) in [5.74, 6) is -1.03. The summed E-state index contributed by atoms with van der Waals surface area (Å²) in [5, 5.41) is 11.4. The molecule has 1 atom stereocenters. The highest BCUT2D eigenvalue weighted by Gasteiger charge is 2.25. The Balaban J connectivity index is 4.15. The van der Waals surface area contributed by atoms with Gasteiger partial charge in [-0.3, -0.25) is 9.59 Å². The number of rotatable bonds is 6. The highest BCUT2D eigenvalue weighted by atomic mass is 16.4. The van der Waals surface area contributed by atoms with E-state index in [1.807, 2.05) is 6.92 Å². The summed E-state index contributed by atoms with van der Waals surface area (Å²) < 4.78 is 0. The molecule has 0 aromatic carbocycles. The fourth-order valence-corrected chi connectivity index (χ4v) is 1.27. The number of carboxylic acid groups (broad SMARTS) is 1. The Kier molecular flexibility index (Phi) is 5.05. The molecule has 0 aliphatic carbocycles. The van der Waals surface area contributed by atoms with Crippen molar-refractivity contribution in [3.63, 3.8) is 0 Å². The number of carbonyl (C=O) groups is 2. The largest absolute Gasteiger partial charge is 0.481 e. The summed E-state index contributed by atoms with van der Waals surface area (Å²) in [6.45, 7) is 8.89. The van der Waals surface area contributed by atoms with Crippen molar-refractivity contribution in [2.75, 3.05) is 0 Å². The lowest BCUT2D eigenvalue weighted by Gasteiger charge is -2.22. The molecule has 15 heavy (non-hydrogen) atoms. The number of carbonyl (C=O) groups excluding carboxylic acids is 1. The van der Waals surface area contributed by atoms with Crippen molar-refractivity contribution in [2.24, 2.45) is 5.41 Å². The minimum Gasteiger partial charge on any atom is -0.481 e. The van der Waals surface area contributed by atoms with Crippen LogP contribution in [0.1, 0.15) is 33.6 Å². The van der Waals surface area contributed by atoms with Crippen molar-refractivity contribution in [3.8, 4) is 0 Å². The predicted molar refractivity (Wildman–Crippen MR) is 58.5 cm³/mol. The maximum atomic E-state index is 11.5. The van der Waals surface area contributed by atoms with Gasteiger partial charge in [0.1, 0.15) is 0 Å². The van der Waals surface area contributed by atoms with Crippen LogP contribution in [0.25, 0.3) is 0 Å². The van der Waals surface area contributed by atoms with Crippen LogP contribution in [0, 0.1) is 5.41 Å². The molecule has 0 spiro atoms. The van der Waals surface area contributed by atoms with E-state index in [-0.39, 0.29) is 24.8 Å². The Morgan fingerprint density at radius 3 is 2.40 bits per heavy atom. The zero-order valence-corrected chi connectivity index (χ0v) is 9.54. The van der Waals surface area contributed by atoms with Crippen LogP contribution in [0.3, 0.4) is 0 Å². The quantitative estimate of drug-likeness (QED) is 0.658. The van der Waals surface area contributed by atoms with E-state index < -0.39 is 11.4 Å². The minimum atomic E-state index is -0.885. The summed E-state index contributed by atoms with van der Waals surface area (Å²) in [7, 11) is 0. The van der Waals surface area contributed by atoms with Gasteiger partial charge >= 0.3 is 5.97 Å². The molecule has 1 unspecified atom stereocenters. The van der Waals surface area contributed by atoms with E-state index in [0.717, 1.165) is 0 Å². The fourth-order valence-electron chi connectivity index (χ4n) is 1.27. The summed E-state index contributed by atoms with van der Waals surface area (Å²) in [4.78, 5) is 22.0. The summed E-state index contributed by atoms with van der Waals surface area (Å²) in [6.07, 6.45) is 1.82. The van der Waals surface area contributed by atoms with E-state index >= 15 is 0 Å². The lowest BCUT2D eigenvalue weighted by atomic mass is 9.85. The fraction of sp³-hybridized carbons (Fsp3) is 0.636. The maximum Gasteiger partial charge on any atom is 0.303 e. The van der Waals surface area contributed by atoms with Crippen LogP contribution in [0.15, 0.2) is 12.7 Å². The van der Waals surface area contributed by atoms with Crippen molar-refractivity contribution in [3.05, 3.63) is 12.7 Å². The van der Waals surface area contributed by atoms with Crippen LogP contribution in [-0.4, -0.2) is 23.0 Å². The maximum absolute atomic E-state index is 11.5. The highest BCUT2D eigenvalue weighted by molar-refractivity contribution is 5.78. The molecule has 0 bridgehead atoms. The molecule has 0 rings (SSSR count). The lowest BCUT2D eigenvalue weighted by molar-refractivity contribution is -0.139. The molecule has 0 aliphatic heterocycles. The zero-order chi connectivity index (χ0) is 12.1. The van der Waals surface area contributed by atoms with Gasteiger partial charge in [-0.2, -0.15) is 0 Å². The van der Waals surface area contributed by atoms with Crippen LogP contribution in [-0.2, 0) is 9.59 Å². The molecule has 0 aromatic rings. The third kappa shape index (κ3) is 6.71. The van der Waals surface area contributed by atoms with Crippen LogP contribution >= 0.6 is 0 Å². The van der Waals surface area contributed by atoms with Crippen LogP contribution in [0.5, 0.6) is 0 Å². The average molecular weight is 213 g/mol. The van der Waals surface area contributed by atoms with Gasteiger partial charge in [0.05, 0.1) is 6.42 Å². The molecule has 86 valence electrons. The van der Waals surface area contributed by atoms with E-state index in [1.54, 1.807) is 19.9 Å². The summed E-state index contributed by atoms with van der Waals surface area (Å²) >= 11 is 0. The van der Waals surface area contributed by atoms with Gasteiger partial charge in [0, 0.05) is 12.5 Å². The lowest BCUT2D eigenvalue weighted by Crippen LogP contribution is -2.34. The van der Waals surface area contributed by atoms with Gasteiger partial charge in [-0.15, -0.1) is 6.58 Å². The van der Waals surface area contributed by atoms with Crippen molar-refractivity contribution >= 4 is 11.9 Å². The number of aliphatic carboxylic acids is 1. The standard InChI is InChI=1S/C11H19NO3/c1-5-8(2)12-9(13)6-11(3,4)7-10(14)15/h5,8H,1,6-7H2,2-4H3,(H,12,13)(H,14,15). The van der Waals surface area contributed by atoms with Crippen LogP contribution in [0.4, 0.5) is 0 Å². The topological polar surface area (TPSA) is 66.4 Å². The number of carboxylic acids is 1. The van der Waals surface area contributed by atoms with E-state index in [4.69, 9.17) is 5.11 Å². The van der Waals surface area contributed by atoms with Gasteiger partial charge in [0.25, 0.3) is 0 Å². The van der Waals surface area contributed by atoms with Crippen molar-refractivity contribution in [1.82, 2.24) is 5.32 Å². The van der Waals surface area contributed by atoms with Gasteiger partial charge in [-0.05, 0) is 12.3 Å². The number of nitrogens with one attached hydrogen (secondary N) is 1. The van der Waals surface area contributed by atoms with Crippen LogP contribution < -0.4 is 5.32 Å². The molecule has 4 nitrogen and oxygen atoms in total. The molecule has 0 saturated carbocycles. The Morgan fingerprint density at radius 1 is 1.47 bits per heavy atom. The molecular weight excluding hydrogens is 194 g/mol. The Labute approximate surface area is 90.4 Å². The van der Waals surface area contributed by atoms with Gasteiger partial charge in [0.15, 0.2) is 0 Å². The molecular formula is C11H19NO3. The summed E-state index contributed by atoms with van der Waals surface area (Å²) in [6, 6.07) is -0.0851. The second kappa shape index (κ2) is 5.53. The molecule has 0 radical (unpaired) electrons. The van der Waals surface area contributed by atoms with Crippen molar-refractivity contribution in [2.45, 2.75) is 39.7 Å². The second-order valence-corrected chi connectivity index (χ2v) is 4.50. The molecule has 4 heteroatoms. The van der Waals surface area contributed by atoms with E-state index in [9.17, 15) is 9.59 Å². The van der Waals surface area contributed by atoms with Crippen molar-refractivity contribution in [1.29, 1.82) is 0 Å². The molecule has 0 aromatic heterocycles. The number of amides is 1. The molecule has 0 fully saturated rings. The normalized spacial score (nSPS) is 13.0. The van der Waals surface area contributed by atoms with Gasteiger partial charge in [-0.25, -0.2) is 0 Å². The smallest absolute Gasteiger partial charge is 0.303 e. The monoisotopic (exact) mass is 213 g/mol. The van der Waals surface area contributed by atoms with Crippen molar-refractivity contribution < 1.29 is 14.7 Å². The van der Waals surface area contributed by atoms with Gasteiger partial charge in [-0.1, -0.05) is 19.9 Å². The predicted octanol–water partition coefficient (Wildman–Crippen LogP) is 1.57. The third-order valence-corrected chi connectivity index (χ3v) is 2.01. The van der Waals surface area contributed by atoms with E-state index in [2.05, 4.69) is 11.9 Å². The Hall–Kier alpha value is -1.32. The molecule has 0 aliphatic rings. The highest BCUT2D eigenvalue weighted by Crippen LogP contribution is 2.24. The van der Waals surface area contributed by atoms with Gasteiger partial charge < -0.3 is 10.4 Å². The molecule has 0 heterocycles. The summed E-state index contributed by atoms with van der Waals surface area (Å²) in [5.41, 5.74) is -0.517. The minimum absolute atomic E-state index is 0.0110. The average Bonchev–Trinajstić information content (AvgIpc) is 1.99. The molecule has 2 N–H and O–H groups in total. The Bertz CT molecular complexity index is 259. The second-order valence-electron chi connectivity index (χ2n) is 4.50. The first-order valence-electron chi connectivity index (χ1n) is 4.90. The first-order valence-corrected chi connectivity index (χ1v) is 4.90. The first kappa shape index (κ1) is 13.7. The van der Waals surface area contributed by atoms with E-state index in [1.165, 1.54) is 0 Å². The Morgan fingerprint density at radius 2 is 2.00 bits per heavy atom. The third-order valence-electron chi connectivity index (χ3n) is 2.01. The van der Waals surface area contributed by atoms with Crippen LogP contribution in [0.2, 0.25) is 0 Å². The molecule has 0 saturated heterocycles. The SMILES string of the molecule is C=CC(C)NC(=O)CC(C)(C)CC(=O)O. The van der Waals surface area contributed by atoms with E-state index in [0.29, 0.717) is 0 Å². The molecule has 1 amide bonds. The van der Waals surface area contributed by atoms with Gasteiger partial charge in [0.2, 0.25) is 5.91 Å². The first-order chi connectivity index (χ1) is 6.76.